The van der Waals surface area contributed by atoms with Gasteiger partial charge in [0.25, 0.3) is 18.2 Å². The molecule has 3 aromatic carbocycles. The molecule has 8 amide bonds. The van der Waals surface area contributed by atoms with E-state index >= 15 is 0 Å². The second-order valence-electron chi connectivity index (χ2n) is 22.9. The topological polar surface area (TPSA) is 492 Å². The molecule has 0 saturated carbocycles. The number of benzene rings is 3. The summed E-state index contributed by atoms with van der Waals surface area (Å²) in [6.45, 7) is 3.44. The lowest BCUT2D eigenvalue weighted by atomic mass is 9.96. The highest BCUT2D eigenvalue weighted by Gasteiger charge is 2.50. The van der Waals surface area contributed by atoms with Crippen LogP contribution in [0.2, 0.25) is 0 Å². The number of amides is 8. The number of fused-ring (bicyclic) bond motifs is 2. The fraction of sp³-hybridized carbons (Fsp3) is 0.475. The molecule has 0 bridgehead atoms. The van der Waals surface area contributed by atoms with Crippen LogP contribution in [0, 0.1) is 5.92 Å². The van der Waals surface area contributed by atoms with E-state index in [1.807, 2.05) is 24.3 Å². The number of aromatic hydroxyl groups is 1. The maximum atomic E-state index is 14.7. The predicted octanol–water partition coefficient (Wildman–Crippen LogP) is -1.60. The van der Waals surface area contributed by atoms with Crippen LogP contribution in [0.3, 0.4) is 0 Å². The lowest BCUT2D eigenvalue weighted by Gasteiger charge is -2.34. The Balaban J connectivity index is 1.06. The number of rotatable bonds is 22. The van der Waals surface area contributed by atoms with Gasteiger partial charge in [0.2, 0.25) is 41.4 Å². The number of phenols is 1. The standard InChI is InChI=1S/C59H74N12O21S2/c1-4-5-6-7-18-89-37-15-13-34(14-16-37)71-26-33(23-62-71)57-68-67-56(93-57)31-10-8-30(9-11-31)51(81)63-38-20-35(73)24-61-55(85)47-48(78)28(2)25-70(47)59(87)45(41(76)22-43(60)77)65-54(84)46(50(80)49(79)32-12-17-40(75)42(19-32)90-94-92-91-88)66-53(83)39-21-36(74)27-69(39)58(86)44(29(3)72)64-52(38)82/h8-17,19,23,26,28-29,35-36,38-39,41,44-50,72-76,78-80,88H,4-7,18,20-22,24-25,27H2,1-3H3,(H2,60,77)(H,61,85)(H,63,81)(H,64,82)(H,65,84)(H,66,83)/t28?,29?,35?,36?,38-,39?,41?,44?,45?,46?,47?,48?,49?,50?/m0/s1. The third-order valence-electron chi connectivity index (χ3n) is 16.0. The number of carbonyl (C=O) groups excluding carboxylic acids is 8. The SMILES string of the molecule is CCCCCCOc1ccc(-n2cc(-c3nnc(-c4ccc(C(=O)N[C@H]5CC(O)CNC(=O)C6C(O)C(C)CN6C(=O)C(C(O)CC(N)=O)NC(=O)C(C(O)C(O)c6ccc(O)c(OSOOO)c6)NC(=O)C6CC(O)CN6C(=O)C(C(C)O)NC5=O)cc4)s3)cn2)cc1. The van der Waals surface area contributed by atoms with Gasteiger partial charge in [0.15, 0.2) is 16.5 Å². The van der Waals surface area contributed by atoms with Crippen LogP contribution in [0.4, 0.5) is 0 Å². The number of β-amino-alcohol motifs (C(OH)–C–C–N with tert-alkyl or cyclic N) is 1. The number of carbonyl (C=O) groups is 8. The Morgan fingerprint density at radius 2 is 1.48 bits per heavy atom. The number of primary amides is 1. The fourth-order valence-electron chi connectivity index (χ4n) is 10.9. The van der Waals surface area contributed by atoms with Crippen molar-refractivity contribution in [3.8, 4) is 44.1 Å². The van der Waals surface area contributed by atoms with E-state index in [2.05, 4.69) is 58.2 Å². The Morgan fingerprint density at radius 1 is 0.798 bits per heavy atom. The molecule has 14 atom stereocenters. The number of aromatic nitrogens is 4. The number of nitrogens with one attached hydrogen (secondary N) is 5. The minimum atomic E-state index is -2.53. The van der Waals surface area contributed by atoms with Gasteiger partial charge in [-0.3, -0.25) is 38.4 Å². The van der Waals surface area contributed by atoms with Gasteiger partial charge in [0, 0.05) is 55.7 Å². The molecule has 3 saturated heterocycles. The molecule has 3 fully saturated rings. The molecule has 35 heteroatoms. The molecule has 5 heterocycles. The normalized spacial score (nSPS) is 24.7. The van der Waals surface area contributed by atoms with Gasteiger partial charge < -0.3 is 91.9 Å². The van der Waals surface area contributed by atoms with Crippen LogP contribution >= 0.6 is 23.7 Å². The number of nitrogens with zero attached hydrogens (tertiary/aromatic N) is 6. The van der Waals surface area contributed by atoms with E-state index in [4.69, 9.17) is 19.9 Å². The van der Waals surface area contributed by atoms with Crippen molar-refractivity contribution in [2.75, 3.05) is 26.2 Å². The van der Waals surface area contributed by atoms with Gasteiger partial charge in [0.05, 0.1) is 61.0 Å². The molecule has 16 N–H and O–H groups in total. The van der Waals surface area contributed by atoms with Crippen LogP contribution in [0.15, 0.2) is 79.1 Å². The summed E-state index contributed by atoms with van der Waals surface area (Å²) in [6, 6.07) is 4.06. The first-order chi connectivity index (χ1) is 44.9. The molecular weight excluding hydrogens is 1280 g/mol. The molecule has 2 aromatic heterocycles. The fourth-order valence-corrected chi connectivity index (χ4v) is 12.0. The number of hydrogen-bond acceptors (Lipinski definition) is 26. The number of aliphatic hydroxyl groups excluding tert-OH is 7. The molecule has 0 aliphatic carbocycles. The Kier molecular flexibility index (Phi) is 24.8. The summed E-state index contributed by atoms with van der Waals surface area (Å²) in [5.74, 6) is -11.2. The summed E-state index contributed by atoms with van der Waals surface area (Å²) >= 11 is 1.22. The molecule has 33 nitrogen and oxygen atoms in total. The molecule has 94 heavy (non-hydrogen) atoms. The Morgan fingerprint density at radius 3 is 2.16 bits per heavy atom. The van der Waals surface area contributed by atoms with Crippen molar-refractivity contribution >= 4 is 70.9 Å². The van der Waals surface area contributed by atoms with Crippen LogP contribution in [0.5, 0.6) is 17.2 Å². The van der Waals surface area contributed by atoms with E-state index in [0.29, 0.717) is 27.7 Å². The number of ether oxygens (including phenoxy) is 1. The van der Waals surface area contributed by atoms with Gasteiger partial charge in [-0.05, 0) is 67.4 Å². The minimum Gasteiger partial charge on any atom is -0.504 e. The lowest BCUT2D eigenvalue weighted by Crippen LogP contribution is -2.64. The molecule has 508 valence electrons. The van der Waals surface area contributed by atoms with E-state index in [1.54, 1.807) is 29.2 Å². The Labute approximate surface area is 544 Å². The zero-order valence-corrected chi connectivity index (χ0v) is 52.5. The van der Waals surface area contributed by atoms with Gasteiger partial charge in [-0.25, -0.2) is 9.94 Å². The third kappa shape index (κ3) is 17.7. The summed E-state index contributed by atoms with van der Waals surface area (Å²) < 4.78 is 16.8. The third-order valence-corrected chi connectivity index (χ3v) is 17.3. The van der Waals surface area contributed by atoms with E-state index in [9.17, 15) is 79.2 Å². The summed E-state index contributed by atoms with van der Waals surface area (Å²) in [6.07, 6.45) is -8.41. The van der Waals surface area contributed by atoms with Crippen molar-refractivity contribution < 1.29 is 103 Å². The molecule has 3 aliphatic rings. The summed E-state index contributed by atoms with van der Waals surface area (Å²) in [4.78, 5) is 115. The molecule has 5 aromatic rings. The average molecular weight is 1350 g/mol. The maximum absolute atomic E-state index is 14.7. The van der Waals surface area contributed by atoms with Gasteiger partial charge in [-0.15, -0.1) is 10.2 Å². The molecule has 0 spiro atoms. The second-order valence-corrected chi connectivity index (χ2v) is 24.3. The zero-order chi connectivity index (χ0) is 68.1. The predicted molar refractivity (Wildman–Crippen MR) is 329 cm³/mol. The first-order valence-electron chi connectivity index (χ1n) is 29.9. The Bertz CT molecular complexity index is 3470. The van der Waals surface area contributed by atoms with Crippen molar-refractivity contribution in [2.24, 2.45) is 11.7 Å². The second kappa shape index (κ2) is 32.6. The monoisotopic (exact) mass is 1350 g/mol. The maximum Gasteiger partial charge on any atom is 0.261 e. The van der Waals surface area contributed by atoms with Gasteiger partial charge >= 0.3 is 0 Å². The van der Waals surface area contributed by atoms with Crippen LogP contribution < -0.4 is 41.2 Å². The van der Waals surface area contributed by atoms with Crippen LogP contribution in [-0.2, 0) is 42.9 Å². The van der Waals surface area contributed by atoms with Gasteiger partial charge in [-0.1, -0.05) is 72.0 Å². The summed E-state index contributed by atoms with van der Waals surface area (Å²) in [7, 11) is 0. The van der Waals surface area contributed by atoms with E-state index < -0.39 is 183 Å². The van der Waals surface area contributed by atoms with E-state index in [1.165, 1.54) is 30.4 Å². The molecular formula is C59H74N12O21S2. The van der Waals surface area contributed by atoms with E-state index in [0.717, 1.165) is 72.0 Å². The minimum absolute atomic E-state index is 0.0252. The highest BCUT2D eigenvalue weighted by molar-refractivity contribution is 7.90. The van der Waals surface area contributed by atoms with Crippen molar-refractivity contribution in [3.63, 3.8) is 0 Å². The number of aliphatic hydroxyl groups is 7. The number of hydrogen-bond donors (Lipinski definition) is 15. The first kappa shape index (κ1) is 71.4. The largest absolute Gasteiger partial charge is 0.504 e. The van der Waals surface area contributed by atoms with Crippen LogP contribution in [-0.4, -0.2) is 222 Å². The number of nitrogens with two attached hydrogens (primary N) is 1. The highest BCUT2D eigenvalue weighted by atomic mass is 32.2. The van der Waals surface area contributed by atoms with Crippen molar-refractivity contribution in [1.82, 2.24) is 56.4 Å². The van der Waals surface area contributed by atoms with E-state index in [-0.39, 0.29) is 23.5 Å². The summed E-state index contributed by atoms with van der Waals surface area (Å²) in [5, 5.41) is 128. The number of unbranched alkanes of at least 4 members (excludes halogenated alkanes) is 3. The average Bonchev–Trinajstić information content (AvgIpc) is 1.58. The molecule has 8 rings (SSSR count). The van der Waals surface area contributed by atoms with Gasteiger partial charge in [-0.2, -0.15) is 5.10 Å². The van der Waals surface area contributed by atoms with Crippen LogP contribution in [0.25, 0.3) is 26.8 Å². The Hall–Kier alpha value is -8.46. The smallest absolute Gasteiger partial charge is 0.261 e. The summed E-state index contributed by atoms with van der Waals surface area (Å²) in [5.41, 5.74) is 7.02. The van der Waals surface area contributed by atoms with Crippen molar-refractivity contribution in [3.05, 3.63) is 90.3 Å². The van der Waals surface area contributed by atoms with Gasteiger partial charge in [0.1, 0.15) is 59.2 Å². The lowest BCUT2D eigenvalue weighted by molar-refractivity contribution is -0.433. The highest BCUT2D eigenvalue weighted by Crippen LogP contribution is 2.35. The quantitative estimate of drug-likeness (QED) is 0.0161. The zero-order valence-electron chi connectivity index (χ0n) is 50.9. The van der Waals surface area contributed by atoms with Crippen molar-refractivity contribution in [1.29, 1.82) is 0 Å². The molecule has 13 unspecified atom stereocenters. The molecule has 0 radical (unpaired) electrons. The van der Waals surface area contributed by atoms with Crippen LogP contribution in [0.1, 0.15) is 87.7 Å². The van der Waals surface area contributed by atoms with Crippen molar-refractivity contribution in [2.45, 2.75) is 145 Å². The molecule has 3 aliphatic heterocycles. The first-order valence-corrected chi connectivity index (χ1v) is 31.4. The number of phenolic OH excluding ortho intramolecular Hbond substituents is 1.